The molecule has 0 aliphatic heterocycles. The van der Waals surface area contributed by atoms with Gasteiger partial charge in [0.2, 0.25) is 0 Å². The monoisotopic (exact) mass is 368 g/mol. The van der Waals surface area contributed by atoms with Gasteiger partial charge in [-0.2, -0.15) is 0 Å². The van der Waals surface area contributed by atoms with E-state index >= 15 is 0 Å². The molecular formula is C20H18F2N4O. The summed E-state index contributed by atoms with van der Waals surface area (Å²) in [6.07, 6.45) is 4.53. The number of anilines is 2. The topological polar surface area (TPSA) is 66.9 Å². The highest BCUT2D eigenvalue weighted by Gasteiger charge is 2.14. The van der Waals surface area contributed by atoms with Gasteiger partial charge in [-0.05, 0) is 30.5 Å². The zero-order chi connectivity index (χ0) is 19.1. The summed E-state index contributed by atoms with van der Waals surface area (Å²) in [6, 6.07) is 13.5. The molecule has 0 aliphatic carbocycles. The van der Waals surface area contributed by atoms with Crippen LogP contribution in [0.1, 0.15) is 22.5 Å². The lowest BCUT2D eigenvalue weighted by atomic mass is 10.1. The molecule has 27 heavy (non-hydrogen) atoms. The fourth-order valence-electron chi connectivity index (χ4n) is 2.49. The van der Waals surface area contributed by atoms with Crippen LogP contribution in [0.4, 0.5) is 20.3 Å². The van der Waals surface area contributed by atoms with Crippen molar-refractivity contribution in [2.45, 2.75) is 12.8 Å². The number of aromatic nitrogens is 2. The molecule has 2 N–H and O–H groups in total. The molecule has 1 aromatic heterocycles. The minimum absolute atomic E-state index is 0.0347. The Morgan fingerprint density at radius 3 is 2.33 bits per heavy atom. The van der Waals surface area contributed by atoms with Crippen LogP contribution in [-0.4, -0.2) is 22.4 Å². The van der Waals surface area contributed by atoms with E-state index < -0.39 is 23.2 Å². The number of aryl methyl sites for hydroxylation is 1. The Balaban J connectivity index is 1.51. The van der Waals surface area contributed by atoms with Crippen LogP contribution >= 0.6 is 0 Å². The van der Waals surface area contributed by atoms with Gasteiger partial charge in [-0.15, -0.1) is 0 Å². The van der Waals surface area contributed by atoms with Crippen molar-refractivity contribution in [2.24, 2.45) is 0 Å². The Morgan fingerprint density at radius 1 is 0.926 bits per heavy atom. The highest BCUT2D eigenvalue weighted by molar-refractivity contribution is 6.02. The van der Waals surface area contributed by atoms with Gasteiger partial charge < -0.3 is 10.6 Å². The predicted molar refractivity (Wildman–Crippen MR) is 99.6 cm³/mol. The first-order valence-corrected chi connectivity index (χ1v) is 8.48. The number of nitrogens with zero attached hydrogens (tertiary/aromatic N) is 2. The average molecular weight is 368 g/mol. The molecule has 1 amide bonds. The Morgan fingerprint density at radius 2 is 1.67 bits per heavy atom. The molecule has 5 nitrogen and oxygen atoms in total. The number of carbonyl (C=O) groups is 1. The van der Waals surface area contributed by atoms with Gasteiger partial charge in [0, 0.05) is 6.54 Å². The second-order valence-electron chi connectivity index (χ2n) is 5.85. The van der Waals surface area contributed by atoms with Crippen molar-refractivity contribution in [1.82, 2.24) is 9.97 Å². The summed E-state index contributed by atoms with van der Waals surface area (Å²) in [5, 5.41) is 5.30. The van der Waals surface area contributed by atoms with E-state index in [1.165, 1.54) is 24.0 Å². The number of amides is 1. The first kappa shape index (κ1) is 18.4. The third-order valence-corrected chi connectivity index (χ3v) is 3.88. The maximum absolute atomic E-state index is 13.6. The maximum Gasteiger partial charge on any atom is 0.276 e. The van der Waals surface area contributed by atoms with E-state index in [-0.39, 0.29) is 5.69 Å². The normalized spacial score (nSPS) is 10.4. The fraction of sp³-hybridized carbons (Fsp3) is 0.150. The minimum Gasteiger partial charge on any atom is -0.369 e. The van der Waals surface area contributed by atoms with Crippen molar-refractivity contribution in [3.05, 3.63) is 83.8 Å². The highest BCUT2D eigenvalue weighted by Crippen LogP contribution is 2.18. The first-order valence-electron chi connectivity index (χ1n) is 8.48. The molecule has 0 radical (unpaired) electrons. The summed E-state index contributed by atoms with van der Waals surface area (Å²) in [7, 11) is 0. The van der Waals surface area contributed by atoms with E-state index in [0.717, 1.165) is 25.0 Å². The molecule has 2 aromatic carbocycles. The molecule has 3 aromatic rings. The van der Waals surface area contributed by atoms with E-state index in [4.69, 9.17) is 0 Å². The Labute approximate surface area is 155 Å². The van der Waals surface area contributed by atoms with Gasteiger partial charge in [0.05, 0.1) is 12.4 Å². The molecule has 7 heteroatoms. The average Bonchev–Trinajstić information content (AvgIpc) is 2.69. The molecule has 1 heterocycles. The predicted octanol–water partition coefficient (Wildman–Crippen LogP) is 4.05. The smallest absolute Gasteiger partial charge is 0.276 e. The molecular weight excluding hydrogens is 350 g/mol. The molecule has 0 saturated carbocycles. The van der Waals surface area contributed by atoms with E-state index in [9.17, 15) is 13.6 Å². The second kappa shape index (κ2) is 8.84. The standard InChI is InChI=1S/C20H18F2N4O/c21-15-9-4-10-16(22)19(15)26-20(27)17-12-25-18(13-24-17)23-11-5-8-14-6-2-1-3-7-14/h1-4,6-7,9-10,12-13H,5,8,11H2,(H,23,25)(H,26,27). The Bertz CT molecular complexity index is 881. The number of halogens is 2. The molecule has 0 aliphatic rings. The molecule has 0 spiro atoms. The Kier molecular flexibility index (Phi) is 6.04. The van der Waals surface area contributed by atoms with Crippen LogP contribution < -0.4 is 10.6 Å². The van der Waals surface area contributed by atoms with Gasteiger partial charge in [-0.25, -0.2) is 18.7 Å². The van der Waals surface area contributed by atoms with Gasteiger partial charge in [-0.3, -0.25) is 4.79 Å². The van der Waals surface area contributed by atoms with Crippen molar-refractivity contribution in [3.8, 4) is 0 Å². The molecule has 0 fully saturated rings. The summed E-state index contributed by atoms with van der Waals surface area (Å²) in [5.41, 5.74) is 0.720. The van der Waals surface area contributed by atoms with Crippen LogP contribution in [0, 0.1) is 11.6 Å². The van der Waals surface area contributed by atoms with Crippen LogP contribution in [0.2, 0.25) is 0 Å². The van der Waals surface area contributed by atoms with Crippen molar-refractivity contribution < 1.29 is 13.6 Å². The second-order valence-corrected chi connectivity index (χ2v) is 5.85. The molecule has 138 valence electrons. The Hall–Kier alpha value is -3.35. The van der Waals surface area contributed by atoms with Crippen LogP contribution in [0.25, 0.3) is 0 Å². The van der Waals surface area contributed by atoms with Gasteiger partial charge in [-0.1, -0.05) is 36.4 Å². The number of carbonyl (C=O) groups excluding carboxylic acids is 1. The fourth-order valence-corrected chi connectivity index (χ4v) is 2.49. The summed E-state index contributed by atoms with van der Waals surface area (Å²) < 4.78 is 27.2. The molecule has 0 bridgehead atoms. The summed E-state index contributed by atoms with van der Waals surface area (Å²) in [6.45, 7) is 0.704. The van der Waals surface area contributed by atoms with Crippen molar-refractivity contribution in [2.75, 3.05) is 17.2 Å². The van der Waals surface area contributed by atoms with Gasteiger partial charge >= 0.3 is 0 Å². The molecule has 3 rings (SSSR count). The first-order chi connectivity index (χ1) is 13.1. The summed E-state index contributed by atoms with van der Waals surface area (Å²) in [4.78, 5) is 20.2. The van der Waals surface area contributed by atoms with Crippen LogP contribution in [0.5, 0.6) is 0 Å². The van der Waals surface area contributed by atoms with E-state index in [2.05, 4.69) is 32.7 Å². The number of hydrogen-bond acceptors (Lipinski definition) is 4. The highest BCUT2D eigenvalue weighted by atomic mass is 19.1. The molecule has 0 atom stereocenters. The van der Waals surface area contributed by atoms with E-state index in [1.54, 1.807) is 0 Å². The number of benzene rings is 2. The lowest BCUT2D eigenvalue weighted by molar-refractivity contribution is 0.102. The van der Waals surface area contributed by atoms with Gasteiger partial charge in [0.1, 0.15) is 28.8 Å². The van der Waals surface area contributed by atoms with Gasteiger partial charge in [0.15, 0.2) is 0 Å². The zero-order valence-corrected chi connectivity index (χ0v) is 14.5. The lowest BCUT2D eigenvalue weighted by Crippen LogP contribution is -2.16. The van der Waals surface area contributed by atoms with Crippen LogP contribution in [-0.2, 0) is 6.42 Å². The van der Waals surface area contributed by atoms with Crippen molar-refractivity contribution in [3.63, 3.8) is 0 Å². The maximum atomic E-state index is 13.6. The number of para-hydroxylation sites is 1. The van der Waals surface area contributed by atoms with Gasteiger partial charge in [0.25, 0.3) is 5.91 Å². The van der Waals surface area contributed by atoms with E-state index in [0.29, 0.717) is 12.4 Å². The molecule has 0 saturated heterocycles. The number of nitrogens with one attached hydrogen (secondary N) is 2. The van der Waals surface area contributed by atoms with Crippen LogP contribution in [0.15, 0.2) is 60.9 Å². The SMILES string of the molecule is O=C(Nc1c(F)cccc1F)c1cnc(NCCCc2ccccc2)cn1. The zero-order valence-electron chi connectivity index (χ0n) is 14.5. The lowest BCUT2D eigenvalue weighted by Gasteiger charge is -2.08. The largest absolute Gasteiger partial charge is 0.369 e. The van der Waals surface area contributed by atoms with Crippen LogP contribution in [0.3, 0.4) is 0 Å². The third-order valence-electron chi connectivity index (χ3n) is 3.88. The third kappa shape index (κ3) is 5.07. The number of rotatable bonds is 7. The minimum atomic E-state index is -0.854. The van der Waals surface area contributed by atoms with E-state index in [1.807, 2.05) is 18.2 Å². The quantitative estimate of drug-likeness (QED) is 0.618. The number of hydrogen-bond donors (Lipinski definition) is 2. The summed E-state index contributed by atoms with van der Waals surface area (Å²) >= 11 is 0. The summed E-state index contributed by atoms with van der Waals surface area (Å²) in [5.74, 6) is -1.92. The van der Waals surface area contributed by atoms with Crippen molar-refractivity contribution in [1.29, 1.82) is 0 Å². The molecule has 0 unspecified atom stereocenters. The van der Waals surface area contributed by atoms with Crippen molar-refractivity contribution >= 4 is 17.4 Å².